The topological polar surface area (TPSA) is 66.8 Å². The van der Waals surface area contributed by atoms with Gasteiger partial charge in [0, 0.05) is 0 Å². The number of alkyl halides is 3. The van der Waals surface area contributed by atoms with Gasteiger partial charge in [0.25, 0.3) is 0 Å². The van der Waals surface area contributed by atoms with Gasteiger partial charge in [0.1, 0.15) is 5.75 Å². The van der Waals surface area contributed by atoms with E-state index in [0.29, 0.717) is 11.3 Å². The number of methoxy groups -OCH3 is 1. The number of carbonyl (C=O) groups is 1. The van der Waals surface area contributed by atoms with Crippen LogP contribution in [0, 0.1) is 5.92 Å². The molecule has 4 nitrogen and oxygen atoms in total. The van der Waals surface area contributed by atoms with Gasteiger partial charge in [0.15, 0.2) is 6.10 Å². The number of aliphatic hydroxyl groups is 1. The summed E-state index contributed by atoms with van der Waals surface area (Å²) in [6.45, 7) is 0. The second-order valence-electron chi connectivity index (χ2n) is 4.38. The normalized spacial score (nSPS) is 14.7. The highest BCUT2D eigenvalue weighted by Gasteiger charge is 2.40. The van der Waals surface area contributed by atoms with Crippen molar-refractivity contribution in [3.05, 3.63) is 29.8 Å². The Bertz CT molecular complexity index is 442. The van der Waals surface area contributed by atoms with Crippen LogP contribution in [0.5, 0.6) is 5.75 Å². The first-order valence-electron chi connectivity index (χ1n) is 5.84. The molecular weight excluding hydrogens is 277 g/mol. The van der Waals surface area contributed by atoms with E-state index in [0.717, 1.165) is 0 Å². The molecule has 2 N–H and O–H groups in total. The lowest BCUT2D eigenvalue weighted by Gasteiger charge is -2.19. The summed E-state index contributed by atoms with van der Waals surface area (Å²) in [6, 6.07) is 6.34. The van der Waals surface area contributed by atoms with Crippen molar-refractivity contribution in [3.8, 4) is 5.75 Å². The Labute approximate surface area is 113 Å². The summed E-state index contributed by atoms with van der Waals surface area (Å²) in [7, 11) is 1.47. The Hall–Kier alpha value is -1.76. The second-order valence-corrected chi connectivity index (χ2v) is 4.38. The van der Waals surface area contributed by atoms with Crippen molar-refractivity contribution in [1.29, 1.82) is 0 Å². The Morgan fingerprint density at radius 1 is 1.30 bits per heavy atom. The molecule has 0 aromatic heterocycles. The fourth-order valence-corrected chi connectivity index (χ4v) is 1.72. The van der Waals surface area contributed by atoms with Crippen molar-refractivity contribution in [2.45, 2.75) is 25.1 Å². The van der Waals surface area contributed by atoms with Crippen molar-refractivity contribution in [3.63, 3.8) is 0 Å². The number of ether oxygens (including phenoxy) is 1. The van der Waals surface area contributed by atoms with E-state index >= 15 is 0 Å². The molecule has 0 bridgehead atoms. The van der Waals surface area contributed by atoms with Crippen molar-refractivity contribution >= 4 is 5.97 Å². The second kappa shape index (κ2) is 6.60. The van der Waals surface area contributed by atoms with E-state index in [-0.39, 0.29) is 6.42 Å². The SMILES string of the molecule is COc1ccc(CC(CC(O)C(F)(F)F)C(=O)O)cc1. The molecule has 0 radical (unpaired) electrons. The maximum atomic E-state index is 12.3. The molecule has 2 unspecified atom stereocenters. The fourth-order valence-electron chi connectivity index (χ4n) is 1.72. The zero-order valence-corrected chi connectivity index (χ0v) is 10.7. The third-order valence-electron chi connectivity index (χ3n) is 2.88. The summed E-state index contributed by atoms with van der Waals surface area (Å²) in [5, 5.41) is 17.9. The van der Waals surface area contributed by atoms with Crippen molar-refractivity contribution in [1.82, 2.24) is 0 Å². The summed E-state index contributed by atoms with van der Waals surface area (Å²) in [5.74, 6) is -2.11. The van der Waals surface area contributed by atoms with Gasteiger partial charge in [0.05, 0.1) is 13.0 Å². The molecule has 1 aromatic rings. The molecule has 112 valence electrons. The van der Waals surface area contributed by atoms with Crippen LogP contribution in [0.2, 0.25) is 0 Å². The first-order valence-corrected chi connectivity index (χ1v) is 5.84. The van der Waals surface area contributed by atoms with Crippen LogP contribution in [-0.4, -0.2) is 35.6 Å². The molecule has 1 aromatic carbocycles. The quantitative estimate of drug-likeness (QED) is 0.844. The van der Waals surface area contributed by atoms with Crippen molar-refractivity contribution in [2.75, 3.05) is 7.11 Å². The highest BCUT2D eigenvalue weighted by Crippen LogP contribution is 2.27. The molecule has 0 heterocycles. The summed E-state index contributed by atoms with van der Waals surface area (Å²) < 4.78 is 41.7. The molecule has 0 aliphatic rings. The number of carboxylic acid groups (broad SMARTS) is 1. The monoisotopic (exact) mass is 292 g/mol. The van der Waals surface area contributed by atoms with E-state index in [1.165, 1.54) is 7.11 Å². The summed E-state index contributed by atoms with van der Waals surface area (Å²) >= 11 is 0. The standard InChI is InChI=1S/C13H15F3O4/c1-20-10-4-2-8(3-5-10)6-9(12(18)19)7-11(17)13(14,15)16/h2-5,9,11,17H,6-7H2,1H3,(H,18,19). The molecule has 20 heavy (non-hydrogen) atoms. The predicted octanol–water partition coefficient (Wildman–Crippen LogP) is 2.25. The molecule has 7 heteroatoms. The molecule has 2 atom stereocenters. The van der Waals surface area contributed by atoms with Gasteiger partial charge >= 0.3 is 12.1 Å². The van der Waals surface area contributed by atoms with Crippen LogP contribution in [0.15, 0.2) is 24.3 Å². The van der Waals surface area contributed by atoms with Gasteiger partial charge < -0.3 is 14.9 Å². The lowest BCUT2D eigenvalue weighted by atomic mass is 9.93. The van der Waals surface area contributed by atoms with Crippen LogP contribution in [0.4, 0.5) is 13.2 Å². The summed E-state index contributed by atoms with van der Waals surface area (Å²) in [5.41, 5.74) is 0.563. The number of aliphatic carboxylic acids is 1. The molecule has 0 saturated carbocycles. The van der Waals surface area contributed by atoms with Gasteiger partial charge in [-0.05, 0) is 30.5 Å². The summed E-state index contributed by atoms with van der Waals surface area (Å²) in [6.07, 6.45) is -8.41. The average molecular weight is 292 g/mol. The number of halogens is 3. The van der Waals surface area contributed by atoms with Crippen LogP contribution in [-0.2, 0) is 11.2 Å². The number of aliphatic hydroxyl groups excluding tert-OH is 1. The van der Waals surface area contributed by atoms with Gasteiger partial charge in [-0.3, -0.25) is 4.79 Å². The van der Waals surface area contributed by atoms with Gasteiger partial charge in [-0.1, -0.05) is 12.1 Å². The molecule has 0 saturated heterocycles. The van der Waals surface area contributed by atoms with Gasteiger partial charge in [0.2, 0.25) is 0 Å². The van der Waals surface area contributed by atoms with Crippen LogP contribution in [0.25, 0.3) is 0 Å². The number of hydrogen-bond acceptors (Lipinski definition) is 3. The number of rotatable bonds is 6. The minimum Gasteiger partial charge on any atom is -0.497 e. The average Bonchev–Trinajstić information content (AvgIpc) is 2.37. The maximum absolute atomic E-state index is 12.3. The van der Waals surface area contributed by atoms with Crippen LogP contribution >= 0.6 is 0 Å². The fraction of sp³-hybridized carbons (Fsp3) is 0.462. The highest BCUT2D eigenvalue weighted by atomic mass is 19.4. The van der Waals surface area contributed by atoms with Crippen LogP contribution < -0.4 is 4.74 Å². The van der Waals surface area contributed by atoms with E-state index < -0.39 is 30.6 Å². The smallest absolute Gasteiger partial charge is 0.414 e. The number of carboxylic acids is 1. The lowest BCUT2D eigenvalue weighted by molar-refractivity contribution is -0.209. The first kappa shape index (κ1) is 16.3. The molecule has 0 fully saturated rings. The van der Waals surface area contributed by atoms with E-state index in [1.54, 1.807) is 24.3 Å². The maximum Gasteiger partial charge on any atom is 0.414 e. The number of hydrogen-bond donors (Lipinski definition) is 2. The Kier molecular flexibility index (Phi) is 5.38. The molecule has 0 aliphatic carbocycles. The van der Waals surface area contributed by atoms with Crippen molar-refractivity contribution < 1.29 is 32.9 Å². The molecule has 1 rings (SSSR count). The summed E-state index contributed by atoms with van der Waals surface area (Å²) in [4.78, 5) is 11.0. The largest absolute Gasteiger partial charge is 0.497 e. The molecule has 0 amide bonds. The minimum atomic E-state index is -4.81. The van der Waals surface area contributed by atoms with Gasteiger partial charge in [-0.2, -0.15) is 13.2 Å². The Balaban J connectivity index is 2.74. The van der Waals surface area contributed by atoms with Crippen LogP contribution in [0.1, 0.15) is 12.0 Å². The van der Waals surface area contributed by atoms with E-state index in [9.17, 15) is 18.0 Å². The van der Waals surface area contributed by atoms with E-state index in [4.69, 9.17) is 14.9 Å². The molecular formula is C13H15F3O4. The minimum absolute atomic E-state index is 0.0908. The first-order chi connectivity index (χ1) is 9.24. The Morgan fingerprint density at radius 3 is 2.25 bits per heavy atom. The van der Waals surface area contributed by atoms with E-state index in [2.05, 4.69) is 0 Å². The number of benzene rings is 1. The van der Waals surface area contributed by atoms with Gasteiger partial charge in [-0.15, -0.1) is 0 Å². The highest BCUT2D eigenvalue weighted by molar-refractivity contribution is 5.70. The predicted molar refractivity (Wildman–Crippen MR) is 64.5 cm³/mol. The zero-order chi connectivity index (χ0) is 15.3. The lowest BCUT2D eigenvalue weighted by Crippen LogP contribution is -2.33. The third kappa shape index (κ3) is 4.73. The molecule has 0 aliphatic heterocycles. The van der Waals surface area contributed by atoms with E-state index in [1.807, 2.05) is 0 Å². The van der Waals surface area contributed by atoms with Gasteiger partial charge in [-0.25, -0.2) is 0 Å². The third-order valence-corrected chi connectivity index (χ3v) is 2.88. The zero-order valence-electron chi connectivity index (χ0n) is 10.7. The van der Waals surface area contributed by atoms with Crippen molar-refractivity contribution in [2.24, 2.45) is 5.92 Å². The Morgan fingerprint density at radius 2 is 1.85 bits per heavy atom. The van der Waals surface area contributed by atoms with Crippen LogP contribution in [0.3, 0.4) is 0 Å². The molecule has 0 spiro atoms.